The summed E-state index contributed by atoms with van der Waals surface area (Å²) in [6.07, 6.45) is 1.94. The van der Waals surface area contributed by atoms with E-state index in [1.807, 2.05) is 20.8 Å². The van der Waals surface area contributed by atoms with Crippen molar-refractivity contribution in [2.75, 3.05) is 19.7 Å². The van der Waals surface area contributed by atoms with Gasteiger partial charge in [-0.25, -0.2) is 4.79 Å². The van der Waals surface area contributed by atoms with Crippen molar-refractivity contribution in [1.29, 1.82) is 0 Å². The maximum absolute atomic E-state index is 11.9. The number of rotatable bonds is 3. The molecule has 2 fully saturated rings. The van der Waals surface area contributed by atoms with Crippen molar-refractivity contribution < 1.29 is 14.3 Å². The van der Waals surface area contributed by atoms with Crippen LogP contribution in [-0.4, -0.2) is 46.5 Å². The first-order chi connectivity index (χ1) is 10.7. The van der Waals surface area contributed by atoms with Crippen LogP contribution in [0.1, 0.15) is 33.6 Å². The van der Waals surface area contributed by atoms with Gasteiger partial charge in [0, 0.05) is 24.6 Å². The monoisotopic (exact) mass is 339 g/mol. The van der Waals surface area contributed by atoms with Gasteiger partial charge in [0.05, 0.1) is 6.61 Å². The smallest absolute Gasteiger partial charge is 0.410 e. The molecular formula is C16H22ClN3O3. The van der Waals surface area contributed by atoms with E-state index in [1.54, 1.807) is 17.0 Å². The quantitative estimate of drug-likeness (QED) is 0.846. The van der Waals surface area contributed by atoms with E-state index in [2.05, 4.69) is 10.2 Å². The lowest BCUT2D eigenvalue weighted by Gasteiger charge is -2.58. The maximum atomic E-state index is 11.9. The zero-order valence-corrected chi connectivity index (χ0v) is 14.5. The summed E-state index contributed by atoms with van der Waals surface area (Å²) in [5.74, 6) is 1.01. The molecule has 0 bridgehead atoms. The number of aromatic nitrogens is 2. The summed E-state index contributed by atoms with van der Waals surface area (Å²) < 4.78 is 11.0. The number of amides is 1. The predicted molar refractivity (Wildman–Crippen MR) is 85.5 cm³/mol. The molecule has 6 nitrogen and oxygen atoms in total. The Morgan fingerprint density at radius 2 is 2.04 bits per heavy atom. The van der Waals surface area contributed by atoms with Gasteiger partial charge in [-0.15, -0.1) is 10.2 Å². The van der Waals surface area contributed by atoms with Gasteiger partial charge in [-0.05, 0) is 45.6 Å². The largest absolute Gasteiger partial charge is 0.476 e. The van der Waals surface area contributed by atoms with Crippen LogP contribution >= 0.6 is 11.6 Å². The van der Waals surface area contributed by atoms with Crippen LogP contribution in [0.4, 0.5) is 4.79 Å². The van der Waals surface area contributed by atoms with Gasteiger partial charge < -0.3 is 14.4 Å². The number of carbonyl (C=O) groups excluding carboxylic acids is 1. The topological polar surface area (TPSA) is 64.5 Å². The van der Waals surface area contributed by atoms with Crippen LogP contribution < -0.4 is 4.74 Å². The average Bonchev–Trinajstić information content (AvgIpc) is 2.35. The molecule has 2 heterocycles. The van der Waals surface area contributed by atoms with Crippen molar-refractivity contribution in [3.63, 3.8) is 0 Å². The fourth-order valence-electron chi connectivity index (χ4n) is 3.34. The zero-order valence-electron chi connectivity index (χ0n) is 13.7. The van der Waals surface area contributed by atoms with Crippen LogP contribution in [0.5, 0.6) is 5.88 Å². The molecule has 1 aliphatic heterocycles. The molecule has 1 aliphatic carbocycles. The first-order valence-electron chi connectivity index (χ1n) is 7.85. The third-order valence-corrected chi connectivity index (χ3v) is 4.42. The van der Waals surface area contributed by atoms with Crippen LogP contribution in [0, 0.1) is 11.3 Å². The first-order valence-corrected chi connectivity index (χ1v) is 8.23. The average molecular weight is 340 g/mol. The Kier molecular flexibility index (Phi) is 4.12. The molecule has 1 aromatic rings. The summed E-state index contributed by atoms with van der Waals surface area (Å²) in [6, 6.07) is 3.38. The molecule has 3 rings (SSSR count). The normalized spacial score (nSPS) is 19.9. The molecule has 1 saturated carbocycles. The number of carbonyl (C=O) groups is 1. The van der Waals surface area contributed by atoms with Gasteiger partial charge in [-0.3, -0.25) is 0 Å². The van der Waals surface area contributed by atoms with Crippen LogP contribution in [0.15, 0.2) is 12.1 Å². The van der Waals surface area contributed by atoms with Crippen molar-refractivity contribution in [3.8, 4) is 5.88 Å². The second kappa shape index (κ2) is 5.82. The Labute approximate surface area is 141 Å². The molecule has 1 amide bonds. The third kappa shape index (κ3) is 3.86. The summed E-state index contributed by atoms with van der Waals surface area (Å²) in [5.41, 5.74) is -0.161. The Balaban J connectivity index is 1.37. The SMILES string of the molecule is CC(C)(C)OC(=O)N1CC2(CC(COc3ccc(Cl)nn3)C2)C1. The number of halogens is 1. The van der Waals surface area contributed by atoms with Crippen molar-refractivity contribution in [2.24, 2.45) is 11.3 Å². The van der Waals surface area contributed by atoms with Crippen molar-refractivity contribution in [1.82, 2.24) is 15.1 Å². The van der Waals surface area contributed by atoms with E-state index in [9.17, 15) is 4.79 Å². The molecule has 1 spiro atoms. The summed E-state index contributed by atoms with van der Waals surface area (Å²) in [5, 5.41) is 7.98. The predicted octanol–water partition coefficient (Wildman–Crippen LogP) is 3.16. The highest BCUT2D eigenvalue weighted by Crippen LogP contribution is 2.52. The van der Waals surface area contributed by atoms with E-state index in [4.69, 9.17) is 21.1 Å². The van der Waals surface area contributed by atoms with Crippen LogP contribution in [0.25, 0.3) is 0 Å². The Morgan fingerprint density at radius 1 is 1.35 bits per heavy atom. The van der Waals surface area contributed by atoms with E-state index in [-0.39, 0.29) is 11.5 Å². The van der Waals surface area contributed by atoms with E-state index in [1.165, 1.54) is 0 Å². The maximum Gasteiger partial charge on any atom is 0.410 e. The van der Waals surface area contributed by atoms with Gasteiger partial charge in [0.15, 0.2) is 5.15 Å². The van der Waals surface area contributed by atoms with Gasteiger partial charge in [-0.2, -0.15) is 0 Å². The van der Waals surface area contributed by atoms with E-state index < -0.39 is 5.60 Å². The molecule has 0 unspecified atom stereocenters. The lowest BCUT2D eigenvalue weighted by atomic mass is 9.58. The molecule has 23 heavy (non-hydrogen) atoms. The molecule has 0 N–H and O–H groups in total. The highest BCUT2D eigenvalue weighted by molar-refractivity contribution is 6.29. The van der Waals surface area contributed by atoms with E-state index >= 15 is 0 Å². The molecule has 2 aliphatic rings. The Morgan fingerprint density at radius 3 is 2.61 bits per heavy atom. The fourth-order valence-corrected chi connectivity index (χ4v) is 3.44. The zero-order chi connectivity index (χ0) is 16.7. The van der Waals surface area contributed by atoms with Crippen molar-refractivity contribution >= 4 is 17.7 Å². The highest BCUT2D eigenvalue weighted by Gasteiger charge is 2.54. The minimum atomic E-state index is -0.435. The Hall–Kier alpha value is -1.56. The van der Waals surface area contributed by atoms with Gasteiger partial charge in [-0.1, -0.05) is 11.6 Å². The third-order valence-electron chi connectivity index (χ3n) is 4.22. The van der Waals surface area contributed by atoms with Crippen molar-refractivity contribution in [2.45, 2.75) is 39.2 Å². The molecular weight excluding hydrogens is 318 g/mol. The number of hydrogen-bond donors (Lipinski definition) is 0. The van der Waals surface area contributed by atoms with Crippen LogP contribution in [0.3, 0.4) is 0 Å². The lowest BCUT2D eigenvalue weighted by molar-refractivity contribution is -0.103. The molecule has 1 saturated heterocycles. The van der Waals surface area contributed by atoms with Crippen molar-refractivity contribution in [3.05, 3.63) is 17.3 Å². The second-order valence-corrected chi connectivity index (χ2v) is 8.00. The lowest BCUT2D eigenvalue weighted by Crippen LogP contribution is -2.64. The van der Waals surface area contributed by atoms with E-state index in [0.29, 0.717) is 23.6 Å². The van der Waals surface area contributed by atoms with Crippen LogP contribution in [-0.2, 0) is 4.74 Å². The molecule has 7 heteroatoms. The molecule has 1 aromatic heterocycles. The fraction of sp³-hybridized carbons (Fsp3) is 0.688. The molecule has 0 radical (unpaired) electrons. The second-order valence-electron chi connectivity index (χ2n) is 7.62. The Bertz CT molecular complexity index is 571. The molecule has 0 atom stereocenters. The van der Waals surface area contributed by atoms with Gasteiger partial charge >= 0.3 is 6.09 Å². The number of nitrogens with zero attached hydrogens (tertiary/aromatic N) is 3. The summed E-state index contributed by atoms with van der Waals surface area (Å²) in [4.78, 5) is 13.7. The minimum Gasteiger partial charge on any atom is -0.476 e. The highest BCUT2D eigenvalue weighted by atomic mass is 35.5. The van der Waals surface area contributed by atoms with Gasteiger partial charge in [0.1, 0.15) is 5.60 Å². The minimum absolute atomic E-state index is 0.209. The molecule has 126 valence electrons. The van der Waals surface area contributed by atoms with Gasteiger partial charge in [0.2, 0.25) is 5.88 Å². The summed E-state index contributed by atoms with van der Waals surface area (Å²) >= 11 is 5.68. The van der Waals surface area contributed by atoms with Crippen LogP contribution in [0.2, 0.25) is 5.15 Å². The summed E-state index contributed by atoms with van der Waals surface area (Å²) in [6.45, 7) is 7.87. The van der Waals surface area contributed by atoms with Gasteiger partial charge in [0.25, 0.3) is 0 Å². The standard InChI is InChI=1S/C16H22ClN3O3/c1-15(2,3)23-14(21)20-9-16(10-20)6-11(7-16)8-22-13-5-4-12(17)18-19-13/h4-5,11H,6-10H2,1-3H3. The molecule has 0 aromatic carbocycles. The number of ether oxygens (including phenoxy) is 2. The first kappa shape index (κ1) is 16.3. The number of likely N-dealkylation sites (tertiary alicyclic amines) is 1. The number of hydrogen-bond acceptors (Lipinski definition) is 5. The summed E-state index contributed by atoms with van der Waals surface area (Å²) in [7, 11) is 0. The van der Waals surface area contributed by atoms with E-state index in [0.717, 1.165) is 25.9 Å².